The van der Waals surface area contributed by atoms with Crippen LogP contribution in [-0.4, -0.2) is 30.9 Å². The van der Waals surface area contributed by atoms with E-state index in [0.717, 1.165) is 0 Å². The summed E-state index contributed by atoms with van der Waals surface area (Å²) >= 11 is 0. The lowest BCUT2D eigenvalue weighted by molar-refractivity contribution is 0.0874. The van der Waals surface area contributed by atoms with Crippen molar-refractivity contribution in [1.82, 2.24) is 19.1 Å². The molecule has 6 heteroatoms. The van der Waals surface area contributed by atoms with Gasteiger partial charge >= 0.3 is 0 Å². The van der Waals surface area contributed by atoms with Gasteiger partial charge in [0, 0.05) is 37.6 Å². The van der Waals surface area contributed by atoms with Crippen LogP contribution in [0.4, 0.5) is 0 Å². The summed E-state index contributed by atoms with van der Waals surface area (Å²) in [6.07, 6.45) is 10.4. The van der Waals surface area contributed by atoms with Crippen molar-refractivity contribution < 1.29 is 9.59 Å². The number of carbonyl (C=O) groups excluding carboxylic acids is 2. The highest BCUT2D eigenvalue weighted by atomic mass is 16.2. The van der Waals surface area contributed by atoms with Crippen molar-refractivity contribution in [3.63, 3.8) is 0 Å². The Balaban J connectivity index is 1.77. The fraction of sp³-hybridized carbons (Fsp3) is 0.273. The number of imidazole rings is 2. The van der Waals surface area contributed by atoms with E-state index in [2.05, 4.69) is 9.97 Å². The van der Waals surface area contributed by atoms with E-state index in [9.17, 15) is 9.59 Å². The number of rotatable bonds is 4. The van der Waals surface area contributed by atoms with Crippen LogP contribution in [0.25, 0.3) is 0 Å². The molecule has 0 unspecified atom stereocenters. The molecule has 0 saturated carbocycles. The molecule has 0 aliphatic heterocycles. The van der Waals surface area contributed by atoms with Crippen LogP contribution in [0.3, 0.4) is 0 Å². The third-order valence-electron chi connectivity index (χ3n) is 2.37. The van der Waals surface area contributed by atoms with Gasteiger partial charge in [0.25, 0.3) is 0 Å². The minimum Gasteiger partial charge on any atom is -0.276 e. The summed E-state index contributed by atoms with van der Waals surface area (Å²) in [5, 5.41) is 0. The zero-order chi connectivity index (χ0) is 12.1. The second-order valence-electron chi connectivity index (χ2n) is 3.58. The van der Waals surface area contributed by atoms with Crippen LogP contribution in [0.2, 0.25) is 0 Å². The Morgan fingerprint density at radius 2 is 1.35 bits per heavy atom. The maximum atomic E-state index is 11.6. The van der Waals surface area contributed by atoms with Gasteiger partial charge in [0.15, 0.2) is 0 Å². The normalized spacial score (nSPS) is 10.4. The highest BCUT2D eigenvalue weighted by Gasteiger charge is 2.07. The van der Waals surface area contributed by atoms with Gasteiger partial charge in [-0.05, 0) is 6.42 Å². The highest BCUT2D eigenvalue weighted by Crippen LogP contribution is 2.02. The molecule has 0 aliphatic carbocycles. The molecule has 0 bridgehead atoms. The molecule has 0 saturated heterocycles. The summed E-state index contributed by atoms with van der Waals surface area (Å²) in [6.45, 7) is 0. The Hall–Kier alpha value is -2.24. The molecule has 0 atom stereocenters. The predicted molar refractivity (Wildman–Crippen MR) is 59.6 cm³/mol. The third-order valence-corrected chi connectivity index (χ3v) is 2.37. The standard InChI is InChI=1S/C11H12N4O2/c16-10(14-6-4-12-8-14)2-1-3-11(17)15-7-5-13-9-15/h4-9H,1-3H2. The van der Waals surface area contributed by atoms with E-state index in [-0.39, 0.29) is 11.8 Å². The van der Waals surface area contributed by atoms with E-state index in [4.69, 9.17) is 0 Å². The number of carbonyl (C=O) groups is 2. The number of hydrogen-bond donors (Lipinski definition) is 0. The van der Waals surface area contributed by atoms with Crippen molar-refractivity contribution >= 4 is 11.8 Å². The number of aromatic nitrogens is 4. The first-order valence-corrected chi connectivity index (χ1v) is 5.29. The monoisotopic (exact) mass is 232 g/mol. The SMILES string of the molecule is O=C(CCCC(=O)n1ccnc1)n1ccnc1. The van der Waals surface area contributed by atoms with E-state index >= 15 is 0 Å². The van der Waals surface area contributed by atoms with Crippen LogP contribution in [-0.2, 0) is 0 Å². The Bertz CT molecular complexity index is 441. The van der Waals surface area contributed by atoms with Crippen LogP contribution in [0.1, 0.15) is 28.9 Å². The van der Waals surface area contributed by atoms with Gasteiger partial charge in [-0.2, -0.15) is 0 Å². The first-order chi connectivity index (χ1) is 8.27. The van der Waals surface area contributed by atoms with E-state index < -0.39 is 0 Å². The molecule has 2 aromatic rings. The van der Waals surface area contributed by atoms with E-state index in [1.165, 1.54) is 21.8 Å². The Kier molecular flexibility index (Phi) is 3.44. The minimum atomic E-state index is -0.0547. The van der Waals surface area contributed by atoms with Crippen LogP contribution in [0, 0.1) is 0 Å². The lowest BCUT2D eigenvalue weighted by Crippen LogP contribution is -2.11. The predicted octanol–water partition coefficient (Wildman–Crippen LogP) is 1.23. The molecule has 0 radical (unpaired) electrons. The van der Waals surface area contributed by atoms with Gasteiger partial charge < -0.3 is 0 Å². The van der Waals surface area contributed by atoms with Crippen molar-refractivity contribution in [1.29, 1.82) is 0 Å². The molecular weight excluding hydrogens is 220 g/mol. The van der Waals surface area contributed by atoms with Gasteiger partial charge in [-0.25, -0.2) is 9.97 Å². The quantitative estimate of drug-likeness (QED) is 0.795. The molecule has 2 heterocycles. The van der Waals surface area contributed by atoms with Crippen molar-refractivity contribution in [2.45, 2.75) is 19.3 Å². The summed E-state index contributed by atoms with van der Waals surface area (Å²) < 4.78 is 2.84. The highest BCUT2D eigenvalue weighted by molar-refractivity contribution is 5.81. The molecule has 17 heavy (non-hydrogen) atoms. The van der Waals surface area contributed by atoms with Crippen molar-refractivity contribution in [3.05, 3.63) is 37.4 Å². The average Bonchev–Trinajstić information content (AvgIpc) is 3.02. The maximum absolute atomic E-state index is 11.6. The molecule has 0 aromatic carbocycles. The molecule has 0 N–H and O–H groups in total. The summed E-state index contributed by atoms with van der Waals surface area (Å²) in [4.78, 5) is 30.7. The summed E-state index contributed by atoms with van der Waals surface area (Å²) in [5.74, 6) is -0.109. The molecule has 6 nitrogen and oxygen atoms in total. The topological polar surface area (TPSA) is 69.8 Å². The van der Waals surface area contributed by atoms with E-state index in [1.54, 1.807) is 24.8 Å². The zero-order valence-corrected chi connectivity index (χ0v) is 9.19. The number of nitrogens with zero attached hydrogens (tertiary/aromatic N) is 4. The second-order valence-corrected chi connectivity index (χ2v) is 3.58. The van der Waals surface area contributed by atoms with Gasteiger partial charge in [-0.1, -0.05) is 0 Å². The van der Waals surface area contributed by atoms with E-state index in [0.29, 0.717) is 19.3 Å². The van der Waals surface area contributed by atoms with Gasteiger partial charge in [-0.3, -0.25) is 18.7 Å². The Labute approximate surface area is 97.9 Å². The summed E-state index contributed by atoms with van der Waals surface area (Å²) in [7, 11) is 0. The van der Waals surface area contributed by atoms with Gasteiger partial charge in [-0.15, -0.1) is 0 Å². The maximum Gasteiger partial charge on any atom is 0.231 e. The van der Waals surface area contributed by atoms with Crippen LogP contribution in [0.5, 0.6) is 0 Å². The fourth-order valence-corrected chi connectivity index (χ4v) is 1.46. The largest absolute Gasteiger partial charge is 0.276 e. The van der Waals surface area contributed by atoms with Crippen molar-refractivity contribution in [3.8, 4) is 0 Å². The third kappa shape index (κ3) is 2.87. The first kappa shape index (κ1) is 11.3. The molecular formula is C11H12N4O2. The molecule has 88 valence electrons. The lowest BCUT2D eigenvalue weighted by Gasteiger charge is -2.01. The van der Waals surface area contributed by atoms with E-state index in [1.807, 2.05) is 0 Å². The van der Waals surface area contributed by atoms with Crippen molar-refractivity contribution in [2.75, 3.05) is 0 Å². The Morgan fingerprint density at radius 3 is 1.71 bits per heavy atom. The van der Waals surface area contributed by atoms with Gasteiger partial charge in [0.2, 0.25) is 11.8 Å². The fourth-order valence-electron chi connectivity index (χ4n) is 1.46. The summed E-state index contributed by atoms with van der Waals surface area (Å²) in [6, 6.07) is 0. The number of hydrogen-bond acceptors (Lipinski definition) is 4. The second kappa shape index (κ2) is 5.20. The molecule has 2 rings (SSSR count). The first-order valence-electron chi connectivity index (χ1n) is 5.29. The van der Waals surface area contributed by atoms with Crippen LogP contribution in [0.15, 0.2) is 37.4 Å². The summed E-state index contributed by atoms with van der Waals surface area (Å²) in [5.41, 5.74) is 0. The van der Waals surface area contributed by atoms with Gasteiger partial charge in [0.1, 0.15) is 12.7 Å². The van der Waals surface area contributed by atoms with Crippen molar-refractivity contribution in [2.24, 2.45) is 0 Å². The Morgan fingerprint density at radius 1 is 0.882 bits per heavy atom. The molecule has 2 aromatic heterocycles. The smallest absolute Gasteiger partial charge is 0.231 e. The van der Waals surface area contributed by atoms with Crippen LogP contribution >= 0.6 is 0 Å². The minimum absolute atomic E-state index is 0.0547. The molecule has 0 spiro atoms. The van der Waals surface area contributed by atoms with Crippen LogP contribution < -0.4 is 0 Å². The molecule has 0 aliphatic rings. The molecule has 0 fully saturated rings. The zero-order valence-electron chi connectivity index (χ0n) is 9.19. The lowest BCUT2D eigenvalue weighted by atomic mass is 10.2. The molecule has 0 amide bonds. The van der Waals surface area contributed by atoms with Gasteiger partial charge in [0.05, 0.1) is 0 Å². The average molecular weight is 232 g/mol.